The van der Waals surface area contributed by atoms with E-state index in [9.17, 15) is 9.90 Å². The average molecular weight is 271 g/mol. The summed E-state index contributed by atoms with van der Waals surface area (Å²) in [5, 5.41) is 9.29. The van der Waals surface area contributed by atoms with Crippen LogP contribution in [0, 0.1) is 11.8 Å². The SMILES string of the molecule is CCCN(C(C)CCC(C)C)C1COCC1C(=O)O. The standard InChI is InChI=1S/C15H29NO3/c1-5-8-16(12(4)7-6-11(2)3)14-10-19-9-13(14)15(17)18/h11-14H,5-10H2,1-4H3,(H,17,18). The van der Waals surface area contributed by atoms with Gasteiger partial charge < -0.3 is 9.84 Å². The van der Waals surface area contributed by atoms with E-state index in [1.807, 2.05) is 0 Å². The molecule has 3 atom stereocenters. The molecule has 19 heavy (non-hydrogen) atoms. The summed E-state index contributed by atoms with van der Waals surface area (Å²) in [6.07, 6.45) is 3.36. The van der Waals surface area contributed by atoms with E-state index in [4.69, 9.17) is 4.74 Å². The highest BCUT2D eigenvalue weighted by atomic mass is 16.5. The first-order chi connectivity index (χ1) is 8.97. The van der Waals surface area contributed by atoms with Crippen LogP contribution in [0.3, 0.4) is 0 Å². The summed E-state index contributed by atoms with van der Waals surface area (Å²) in [5.74, 6) is -0.395. The van der Waals surface area contributed by atoms with Gasteiger partial charge in [0.25, 0.3) is 0 Å². The summed E-state index contributed by atoms with van der Waals surface area (Å²) < 4.78 is 5.41. The van der Waals surface area contributed by atoms with Crippen LogP contribution in [-0.4, -0.2) is 47.8 Å². The molecular weight excluding hydrogens is 242 g/mol. The van der Waals surface area contributed by atoms with Crippen LogP contribution in [0.15, 0.2) is 0 Å². The summed E-state index contributed by atoms with van der Waals surface area (Å²) >= 11 is 0. The quantitative estimate of drug-likeness (QED) is 0.737. The third-order valence-electron chi connectivity index (χ3n) is 4.00. The topological polar surface area (TPSA) is 49.8 Å². The lowest BCUT2D eigenvalue weighted by atomic mass is 9.97. The lowest BCUT2D eigenvalue weighted by Gasteiger charge is -2.35. The van der Waals surface area contributed by atoms with Crippen molar-refractivity contribution in [3.05, 3.63) is 0 Å². The van der Waals surface area contributed by atoms with Crippen molar-refractivity contribution in [3.63, 3.8) is 0 Å². The predicted molar refractivity (Wildman–Crippen MR) is 76.3 cm³/mol. The lowest BCUT2D eigenvalue weighted by Crippen LogP contribution is -2.48. The van der Waals surface area contributed by atoms with Crippen molar-refractivity contribution in [2.45, 2.75) is 59.0 Å². The minimum atomic E-state index is -0.723. The van der Waals surface area contributed by atoms with Crippen molar-refractivity contribution in [1.82, 2.24) is 4.90 Å². The zero-order chi connectivity index (χ0) is 14.4. The molecule has 4 nitrogen and oxygen atoms in total. The van der Waals surface area contributed by atoms with Gasteiger partial charge in [-0.05, 0) is 38.6 Å². The van der Waals surface area contributed by atoms with Gasteiger partial charge in [0.2, 0.25) is 0 Å². The van der Waals surface area contributed by atoms with Gasteiger partial charge >= 0.3 is 5.97 Å². The zero-order valence-corrected chi connectivity index (χ0v) is 12.8. The maximum Gasteiger partial charge on any atom is 0.310 e. The van der Waals surface area contributed by atoms with Gasteiger partial charge in [0, 0.05) is 12.1 Å². The summed E-state index contributed by atoms with van der Waals surface area (Å²) in [7, 11) is 0. The van der Waals surface area contributed by atoms with Crippen molar-refractivity contribution in [2.24, 2.45) is 11.8 Å². The Morgan fingerprint density at radius 2 is 2.00 bits per heavy atom. The van der Waals surface area contributed by atoms with E-state index >= 15 is 0 Å². The highest BCUT2D eigenvalue weighted by molar-refractivity contribution is 5.71. The number of carbonyl (C=O) groups is 1. The number of rotatable bonds is 8. The van der Waals surface area contributed by atoms with Gasteiger partial charge in [0.15, 0.2) is 0 Å². The maximum absolute atomic E-state index is 11.3. The largest absolute Gasteiger partial charge is 0.481 e. The fourth-order valence-electron chi connectivity index (χ4n) is 2.82. The normalized spacial score (nSPS) is 25.2. The molecule has 0 spiro atoms. The molecule has 0 radical (unpaired) electrons. The Morgan fingerprint density at radius 3 is 2.53 bits per heavy atom. The molecule has 0 bridgehead atoms. The van der Waals surface area contributed by atoms with Crippen LogP contribution >= 0.6 is 0 Å². The van der Waals surface area contributed by atoms with Crippen molar-refractivity contribution in [3.8, 4) is 0 Å². The minimum Gasteiger partial charge on any atom is -0.481 e. The molecule has 0 aromatic rings. The number of carboxylic acid groups (broad SMARTS) is 1. The van der Waals surface area contributed by atoms with Gasteiger partial charge in [-0.25, -0.2) is 0 Å². The second-order valence-electron chi connectivity index (χ2n) is 6.11. The molecule has 1 saturated heterocycles. The summed E-state index contributed by atoms with van der Waals surface area (Å²) in [5.41, 5.74) is 0. The van der Waals surface area contributed by atoms with E-state index < -0.39 is 5.97 Å². The van der Waals surface area contributed by atoms with Crippen LogP contribution in [-0.2, 0) is 9.53 Å². The summed E-state index contributed by atoms with van der Waals surface area (Å²) in [6.45, 7) is 10.7. The first-order valence-corrected chi connectivity index (χ1v) is 7.53. The summed E-state index contributed by atoms with van der Waals surface area (Å²) in [6, 6.07) is 0.468. The van der Waals surface area contributed by atoms with Gasteiger partial charge in [0.1, 0.15) is 0 Å². The van der Waals surface area contributed by atoms with E-state index in [-0.39, 0.29) is 12.0 Å². The van der Waals surface area contributed by atoms with Crippen molar-refractivity contribution >= 4 is 5.97 Å². The molecule has 1 rings (SSSR count). The van der Waals surface area contributed by atoms with E-state index in [2.05, 4.69) is 32.6 Å². The Kier molecular flexibility index (Phi) is 6.80. The average Bonchev–Trinajstić information content (AvgIpc) is 2.81. The molecule has 0 amide bonds. The van der Waals surface area contributed by atoms with Gasteiger partial charge in [-0.3, -0.25) is 9.69 Å². The smallest absolute Gasteiger partial charge is 0.310 e. The second-order valence-corrected chi connectivity index (χ2v) is 6.11. The molecule has 4 heteroatoms. The van der Waals surface area contributed by atoms with Crippen LogP contribution in [0.2, 0.25) is 0 Å². The molecule has 0 saturated carbocycles. The van der Waals surface area contributed by atoms with Crippen LogP contribution in [0.25, 0.3) is 0 Å². The second kappa shape index (κ2) is 7.85. The van der Waals surface area contributed by atoms with Gasteiger partial charge in [-0.15, -0.1) is 0 Å². The molecule has 112 valence electrons. The highest BCUT2D eigenvalue weighted by Crippen LogP contribution is 2.24. The Labute approximate surface area is 117 Å². The van der Waals surface area contributed by atoms with Crippen molar-refractivity contribution < 1.29 is 14.6 Å². The van der Waals surface area contributed by atoms with Gasteiger partial charge in [-0.1, -0.05) is 20.8 Å². The molecule has 0 aromatic heterocycles. The number of carboxylic acids is 1. The third kappa shape index (κ3) is 4.77. The summed E-state index contributed by atoms with van der Waals surface area (Å²) in [4.78, 5) is 13.7. The highest BCUT2D eigenvalue weighted by Gasteiger charge is 2.39. The Balaban J connectivity index is 2.67. The van der Waals surface area contributed by atoms with E-state index in [1.54, 1.807) is 0 Å². The minimum absolute atomic E-state index is 0.0413. The van der Waals surface area contributed by atoms with Crippen molar-refractivity contribution in [1.29, 1.82) is 0 Å². The Morgan fingerprint density at radius 1 is 1.32 bits per heavy atom. The molecule has 0 aromatic carbocycles. The van der Waals surface area contributed by atoms with Gasteiger partial charge in [0.05, 0.1) is 19.1 Å². The lowest BCUT2D eigenvalue weighted by molar-refractivity contribution is -0.143. The predicted octanol–water partition coefficient (Wildman–Crippen LogP) is 2.62. The monoisotopic (exact) mass is 271 g/mol. The number of aliphatic carboxylic acids is 1. The fourth-order valence-corrected chi connectivity index (χ4v) is 2.82. The number of hydrogen-bond acceptors (Lipinski definition) is 3. The van der Waals surface area contributed by atoms with E-state index in [0.717, 1.165) is 19.4 Å². The molecule has 1 heterocycles. The number of nitrogens with zero attached hydrogens (tertiary/aromatic N) is 1. The molecular formula is C15H29NO3. The third-order valence-corrected chi connectivity index (χ3v) is 4.00. The molecule has 1 N–H and O–H groups in total. The number of ether oxygens (including phenoxy) is 1. The van der Waals surface area contributed by atoms with E-state index in [0.29, 0.717) is 25.2 Å². The molecule has 1 aliphatic heterocycles. The van der Waals surface area contributed by atoms with Crippen LogP contribution in [0.4, 0.5) is 0 Å². The van der Waals surface area contributed by atoms with Crippen LogP contribution in [0.1, 0.15) is 47.0 Å². The zero-order valence-electron chi connectivity index (χ0n) is 12.8. The number of hydrogen-bond donors (Lipinski definition) is 1. The van der Waals surface area contributed by atoms with Crippen molar-refractivity contribution in [2.75, 3.05) is 19.8 Å². The molecule has 0 aliphatic carbocycles. The fraction of sp³-hybridized carbons (Fsp3) is 0.933. The van der Waals surface area contributed by atoms with E-state index in [1.165, 1.54) is 6.42 Å². The first kappa shape index (κ1) is 16.4. The molecule has 3 unspecified atom stereocenters. The Hall–Kier alpha value is -0.610. The maximum atomic E-state index is 11.3. The Bertz CT molecular complexity index is 281. The first-order valence-electron chi connectivity index (χ1n) is 7.53. The van der Waals surface area contributed by atoms with Crippen LogP contribution < -0.4 is 0 Å². The molecule has 1 aliphatic rings. The molecule has 1 fully saturated rings. The van der Waals surface area contributed by atoms with Gasteiger partial charge in [-0.2, -0.15) is 0 Å². The van der Waals surface area contributed by atoms with Crippen LogP contribution in [0.5, 0.6) is 0 Å².